The fraction of sp³-hybridized carbons (Fsp3) is 0.556. The summed E-state index contributed by atoms with van der Waals surface area (Å²) in [7, 11) is 0. The molecule has 0 N–H and O–H groups in total. The van der Waals surface area contributed by atoms with Crippen LogP contribution in [0.25, 0.3) is 0 Å². The average molecular weight is 336 g/mol. The van der Waals surface area contributed by atoms with Crippen LogP contribution in [0.2, 0.25) is 8.26 Å². The molecule has 0 radical (unpaired) electrons. The minimum absolute atomic E-state index is 1.26. The molecule has 0 aromatic rings. The van der Waals surface area contributed by atoms with Crippen LogP contribution in [0.1, 0.15) is 52.4 Å². The number of hydrogen-bond acceptors (Lipinski definition) is 0. The van der Waals surface area contributed by atoms with E-state index in [-0.39, 0.29) is 0 Å². The van der Waals surface area contributed by atoms with Crippen LogP contribution in [0.5, 0.6) is 0 Å². The molecule has 0 heterocycles. The Bertz CT molecular complexity index is 369. The summed E-state index contributed by atoms with van der Waals surface area (Å²) in [5, 5.41) is 0. The molecule has 0 aliphatic heterocycles. The van der Waals surface area contributed by atoms with Crippen molar-refractivity contribution >= 4 is 0 Å². The third-order valence-electron chi connectivity index (χ3n) is 4.69. The summed E-state index contributed by atoms with van der Waals surface area (Å²) in [6.07, 6.45) is 22.5. The number of unbranched alkanes of at least 4 members (excludes halogenated alkanes) is 2. The van der Waals surface area contributed by atoms with Crippen molar-refractivity contribution in [1.82, 2.24) is 0 Å². The van der Waals surface area contributed by atoms with Gasteiger partial charge >= 0.3 is 124 Å². The van der Waals surface area contributed by atoms with Gasteiger partial charge in [0.1, 0.15) is 0 Å². The van der Waals surface area contributed by atoms with Crippen molar-refractivity contribution in [2.45, 2.75) is 60.6 Å². The molecule has 1 heteroatoms. The zero-order valence-corrected chi connectivity index (χ0v) is 15.1. The summed E-state index contributed by atoms with van der Waals surface area (Å²) in [4.78, 5) is 0. The van der Waals surface area contributed by atoms with Crippen molar-refractivity contribution < 1.29 is 20.3 Å². The molecule has 0 atom stereocenters. The van der Waals surface area contributed by atoms with Crippen LogP contribution < -0.4 is 0 Å². The Kier molecular flexibility index (Phi) is 6.08. The molecule has 2 aliphatic carbocycles. The molecule has 0 saturated heterocycles. The van der Waals surface area contributed by atoms with Gasteiger partial charge in [-0.15, -0.1) is 0 Å². The van der Waals surface area contributed by atoms with Gasteiger partial charge in [0, 0.05) is 0 Å². The van der Waals surface area contributed by atoms with Crippen LogP contribution in [-0.4, -0.2) is 0 Å². The molecule has 2 rings (SSSR count). The molecule has 104 valence electrons. The average Bonchev–Trinajstić information content (AvgIpc) is 3.12. The van der Waals surface area contributed by atoms with Crippen molar-refractivity contribution in [3.8, 4) is 0 Å². The first-order valence-corrected chi connectivity index (χ1v) is 14.0. The van der Waals surface area contributed by atoms with E-state index >= 15 is 0 Å². The molecule has 0 unspecified atom stereocenters. The fourth-order valence-electron chi connectivity index (χ4n) is 3.53. The van der Waals surface area contributed by atoms with Crippen molar-refractivity contribution in [3.05, 3.63) is 43.0 Å². The molecular weight excluding hydrogens is 307 g/mol. The predicted molar refractivity (Wildman–Crippen MR) is 83.1 cm³/mol. The first kappa shape index (κ1) is 15.2. The van der Waals surface area contributed by atoms with E-state index in [9.17, 15) is 0 Å². The van der Waals surface area contributed by atoms with Gasteiger partial charge in [-0.25, -0.2) is 0 Å². The van der Waals surface area contributed by atoms with E-state index in [1.807, 2.05) is 6.56 Å². The predicted octanol–water partition coefficient (Wildman–Crippen LogP) is 6.26. The molecule has 19 heavy (non-hydrogen) atoms. The molecule has 0 spiro atoms. The topological polar surface area (TPSA) is 0 Å². The van der Waals surface area contributed by atoms with Crippen LogP contribution >= 0.6 is 0 Å². The summed E-state index contributed by atoms with van der Waals surface area (Å²) < 4.78 is 6.86. The number of allylic oxidation sites excluding steroid dienone is 8. The molecule has 0 saturated carbocycles. The third-order valence-corrected chi connectivity index (χ3v) is 18.5. The summed E-state index contributed by atoms with van der Waals surface area (Å²) in [6.45, 7) is 4.69. The van der Waals surface area contributed by atoms with Crippen LogP contribution in [0.15, 0.2) is 43.0 Å². The van der Waals surface area contributed by atoms with Gasteiger partial charge in [-0.3, -0.25) is 0 Å². The quantitative estimate of drug-likeness (QED) is 0.491. The number of hydrogen-bond donors (Lipinski definition) is 0. The maximum atomic E-state index is 2.49. The summed E-state index contributed by atoms with van der Waals surface area (Å²) in [5.74, 6) is 0. The molecule has 0 fully saturated rings. The molecule has 0 aromatic heterocycles. The van der Waals surface area contributed by atoms with E-state index < -0.39 is 20.3 Å². The molecule has 0 nitrogen and oxygen atoms in total. The van der Waals surface area contributed by atoms with Crippen LogP contribution in [0, 0.1) is 0 Å². The molecule has 0 bridgehead atoms. The normalized spacial score (nSPS) is 18.0. The van der Waals surface area contributed by atoms with Gasteiger partial charge < -0.3 is 0 Å². The second-order valence-corrected chi connectivity index (χ2v) is 16.9. The Labute approximate surface area is 123 Å². The summed E-state index contributed by atoms with van der Waals surface area (Å²) >= 11 is -2.26. The van der Waals surface area contributed by atoms with E-state index in [0.717, 1.165) is 0 Å². The summed E-state index contributed by atoms with van der Waals surface area (Å²) in [6, 6.07) is 0. The van der Waals surface area contributed by atoms with Gasteiger partial charge in [0.25, 0.3) is 0 Å². The standard InChI is InChI=1S/2C5H5.2C4H9.Zr/c2*1-2-4-5-3-1;2*1-3-4-2;/h2*1-3H,4H2;2*1,3-4H2,2H3;. The van der Waals surface area contributed by atoms with E-state index in [4.69, 9.17) is 0 Å². The van der Waals surface area contributed by atoms with Gasteiger partial charge in [0.2, 0.25) is 0 Å². The Hall–Kier alpha value is -0.157. The monoisotopic (exact) mass is 334 g/mol. The Morgan fingerprint density at radius 3 is 1.63 bits per heavy atom. The van der Waals surface area contributed by atoms with Gasteiger partial charge in [-0.05, 0) is 0 Å². The third kappa shape index (κ3) is 3.49. The van der Waals surface area contributed by atoms with Gasteiger partial charge in [-0.1, -0.05) is 0 Å². The SMILES string of the molecule is CCC[CH2][Zr]([CH2]CCC)([C]1=CC=CC1)[C]1=CC=CC1. The zero-order chi connectivity index (χ0) is 13.6. The second-order valence-electron chi connectivity index (χ2n) is 5.94. The first-order valence-electron chi connectivity index (χ1n) is 8.06. The molecular formula is C18H28Zr. The van der Waals surface area contributed by atoms with Gasteiger partial charge in [0.15, 0.2) is 0 Å². The molecule has 0 aromatic carbocycles. The zero-order valence-electron chi connectivity index (χ0n) is 12.6. The van der Waals surface area contributed by atoms with Crippen molar-refractivity contribution in [2.75, 3.05) is 0 Å². The van der Waals surface area contributed by atoms with Crippen LogP contribution in [0.3, 0.4) is 0 Å². The Balaban J connectivity index is 2.25. The van der Waals surface area contributed by atoms with Gasteiger partial charge in [-0.2, -0.15) is 0 Å². The van der Waals surface area contributed by atoms with E-state index in [1.54, 1.807) is 8.26 Å². The Morgan fingerprint density at radius 1 is 0.842 bits per heavy atom. The summed E-state index contributed by atoms with van der Waals surface area (Å²) in [5.41, 5.74) is 0. The maximum absolute atomic E-state index is 2.49. The van der Waals surface area contributed by atoms with Crippen molar-refractivity contribution in [1.29, 1.82) is 0 Å². The van der Waals surface area contributed by atoms with E-state index in [1.165, 1.54) is 38.5 Å². The van der Waals surface area contributed by atoms with Crippen LogP contribution in [-0.2, 0) is 20.3 Å². The second kappa shape index (κ2) is 7.58. The minimum atomic E-state index is -2.26. The fourth-order valence-corrected chi connectivity index (χ4v) is 17.6. The molecule has 0 amide bonds. The molecule has 2 aliphatic rings. The number of rotatable bonds is 8. The van der Waals surface area contributed by atoms with E-state index in [0.29, 0.717) is 0 Å². The van der Waals surface area contributed by atoms with Gasteiger partial charge in [0.05, 0.1) is 0 Å². The van der Waals surface area contributed by atoms with E-state index in [2.05, 4.69) is 50.3 Å². The first-order chi connectivity index (χ1) is 9.33. The van der Waals surface area contributed by atoms with Crippen LogP contribution in [0.4, 0.5) is 0 Å². The Morgan fingerprint density at radius 2 is 1.32 bits per heavy atom. The van der Waals surface area contributed by atoms with Crippen molar-refractivity contribution in [3.63, 3.8) is 0 Å². The van der Waals surface area contributed by atoms with Crippen molar-refractivity contribution in [2.24, 2.45) is 0 Å².